The van der Waals surface area contributed by atoms with Gasteiger partial charge in [0.15, 0.2) is 5.13 Å². The van der Waals surface area contributed by atoms with Crippen LogP contribution in [0.15, 0.2) is 36.9 Å². The smallest absolute Gasteiger partial charge is 0.321 e. The van der Waals surface area contributed by atoms with E-state index < -0.39 is 14.8 Å². The van der Waals surface area contributed by atoms with Crippen molar-refractivity contribution >= 4 is 48.7 Å². The van der Waals surface area contributed by atoms with Crippen LogP contribution in [0.3, 0.4) is 0 Å². The molecule has 3 aromatic heterocycles. The molecule has 0 radical (unpaired) electrons. The Balaban J connectivity index is 1.74. The van der Waals surface area contributed by atoms with E-state index in [1.165, 1.54) is 11.3 Å². The molecule has 0 atom stereocenters. The van der Waals surface area contributed by atoms with Crippen LogP contribution in [0.25, 0.3) is 32.5 Å². The van der Waals surface area contributed by atoms with Gasteiger partial charge in [0.25, 0.3) is 0 Å². The summed E-state index contributed by atoms with van der Waals surface area (Å²) in [7, 11) is -1.80. The van der Waals surface area contributed by atoms with Crippen molar-refractivity contribution in [1.29, 1.82) is 0 Å². The van der Waals surface area contributed by atoms with Crippen LogP contribution in [0.4, 0.5) is 15.9 Å². The standard InChI is InChI=1S/C22H26N8O3S2/c1-6-23-20(31)28-21-27-17-8-13(7-16(18(17)34-21)15-11-26-30(5)12-15)14-9-24-19(25-10-14)29-35(32,33)22(2,3)4/h7-12H,6H2,1-5H3,(H,24,25,29)(H2,23,27,28,31). The highest BCUT2D eigenvalue weighted by Crippen LogP contribution is 2.38. The number of carbonyl (C=O) groups is 1. The van der Waals surface area contributed by atoms with Gasteiger partial charge in [-0.25, -0.2) is 28.2 Å². The third-order valence-corrected chi connectivity index (χ3v) is 8.16. The Morgan fingerprint density at radius 2 is 1.80 bits per heavy atom. The summed E-state index contributed by atoms with van der Waals surface area (Å²) in [5, 5.41) is 10.2. The second-order valence-corrected chi connectivity index (χ2v) is 12.2. The van der Waals surface area contributed by atoms with E-state index in [-0.39, 0.29) is 12.0 Å². The number of anilines is 2. The average Bonchev–Trinajstić information content (AvgIpc) is 3.38. The van der Waals surface area contributed by atoms with Crippen molar-refractivity contribution in [3.05, 3.63) is 36.9 Å². The molecule has 184 valence electrons. The average molecular weight is 515 g/mol. The van der Waals surface area contributed by atoms with Crippen molar-refractivity contribution in [2.45, 2.75) is 32.4 Å². The minimum atomic E-state index is -3.64. The summed E-state index contributed by atoms with van der Waals surface area (Å²) in [6.45, 7) is 7.14. The molecule has 0 aliphatic rings. The summed E-state index contributed by atoms with van der Waals surface area (Å²) in [4.78, 5) is 25.0. The van der Waals surface area contributed by atoms with E-state index in [0.29, 0.717) is 22.8 Å². The van der Waals surface area contributed by atoms with Gasteiger partial charge >= 0.3 is 6.03 Å². The molecule has 2 amide bonds. The van der Waals surface area contributed by atoms with Gasteiger partial charge in [-0.1, -0.05) is 11.3 Å². The summed E-state index contributed by atoms with van der Waals surface area (Å²) in [6.07, 6.45) is 6.77. The molecule has 3 heterocycles. The number of rotatable bonds is 6. The van der Waals surface area contributed by atoms with Crippen molar-refractivity contribution in [2.75, 3.05) is 16.6 Å². The third-order valence-electron chi connectivity index (χ3n) is 5.08. The van der Waals surface area contributed by atoms with E-state index in [1.54, 1.807) is 44.0 Å². The normalized spacial score (nSPS) is 12.0. The van der Waals surface area contributed by atoms with Gasteiger partial charge in [0, 0.05) is 48.9 Å². The molecular weight excluding hydrogens is 488 g/mol. The molecule has 0 saturated carbocycles. The van der Waals surface area contributed by atoms with Crippen LogP contribution in [-0.2, 0) is 17.1 Å². The lowest BCUT2D eigenvalue weighted by Crippen LogP contribution is -2.34. The Morgan fingerprint density at radius 3 is 2.40 bits per heavy atom. The largest absolute Gasteiger partial charge is 0.338 e. The molecule has 4 rings (SSSR count). The highest BCUT2D eigenvalue weighted by molar-refractivity contribution is 7.94. The fraction of sp³-hybridized carbons (Fsp3) is 0.318. The summed E-state index contributed by atoms with van der Waals surface area (Å²) in [5.41, 5.74) is 3.95. The molecule has 13 heteroatoms. The van der Waals surface area contributed by atoms with Crippen LogP contribution in [-0.4, -0.2) is 50.5 Å². The van der Waals surface area contributed by atoms with Crippen molar-refractivity contribution < 1.29 is 13.2 Å². The Hall–Kier alpha value is -3.58. The Labute approximate surface area is 207 Å². The van der Waals surface area contributed by atoms with Crippen LogP contribution in [0, 0.1) is 0 Å². The number of nitrogens with zero attached hydrogens (tertiary/aromatic N) is 5. The number of thiazole rings is 1. The molecule has 0 aliphatic heterocycles. The number of urea groups is 1. The predicted molar refractivity (Wildman–Crippen MR) is 138 cm³/mol. The van der Waals surface area contributed by atoms with Crippen molar-refractivity contribution in [1.82, 2.24) is 30.0 Å². The lowest BCUT2D eigenvalue weighted by atomic mass is 10.0. The molecule has 0 aliphatic carbocycles. The molecule has 3 N–H and O–H groups in total. The van der Waals surface area contributed by atoms with E-state index in [9.17, 15) is 13.2 Å². The van der Waals surface area contributed by atoms with Gasteiger partial charge in [0.1, 0.15) is 0 Å². The van der Waals surface area contributed by atoms with Crippen LogP contribution < -0.4 is 15.4 Å². The fourth-order valence-electron chi connectivity index (χ4n) is 3.13. The van der Waals surface area contributed by atoms with Gasteiger partial charge in [0.2, 0.25) is 16.0 Å². The molecule has 35 heavy (non-hydrogen) atoms. The number of sulfonamides is 1. The lowest BCUT2D eigenvalue weighted by Gasteiger charge is -2.19. The molecule has 0 saturated heterocycles. The van der Waals surface area contributed by atoms with Gasteiger partial charge in [-0.3, -0.25) is 14.7 Å². The second-order valence-electron chi connectivity index (χ2n) is 8.79. The quantitative estimate of drug-likeness (QED) is 0.355. The number of carbonyl (C=O) groups excluding carboxylic acids is 1. The van der Waals surface area contributed by atoms with E-state index in [2.05, 4.69) is 35.4 Å². The first-order valence-electron chi connectivity index (χ1n) is 10.8. The van der Waals surface area contributed by atoms with Crippen LogP contribution in [0.1, 0.15) is 27.7 Å². The molecular formula is C22H26N8O3S2. The van der Waals surface area contributed by atoms with Gasteiger partial charge in [-0.2, -0.15) is 5.10 Å². The highest BCUT2D eigenvalue weighted by Gasteiger charge is 2.29. The second kappa shape index (κ2) is 9.23. The maximum Gasteiger partial charge on any atom is 0.321 e. The van der Waals surface area contributed by atoms with E-state index in [1.807, 2.05) is 32.3 Å². The number of benzene rings is 1. The number of nitrogens with one attached hydrogen (secondary N) is 3. The Kier molecular flexibility index (Phi) is 6.47. The SMILES string of the molecule is CCNC(=O)Nc1nc2cc(-c3cnc(NS(=O)(=O)C(C)(C)C)nc3)cc(-c3cnn(C)c3)c2s1. The van der Waals surface area contributed by atoms with Gasteiger partial charge in [-0.05, 0) is 45.4 Å². The van der Waals surface area contributed by atoms with Gasteiger partial charge in [-0.15, -0.1) is 0 Å². The zero-order chi connectivity index (χ0) is 25.4. The fourth-order valence-corrected chi connectivity index (χ4v) is 4.76. The summed E-state index contributed by atoms with van der Waals surface area (Å²) in [5.74, 6) is -0.000632. The molecule has 0 fully saturated rings. The van der Waals surface area contributed by atoms with Crippen LogP contribution in [0.2, 0.25) is 0 Å². The lowest BCUT2D eigenvalue weighted by molar-refractivity contribution is 0.252. The molecule has 4 aromatic rings. The molecule has 0 spiro atoms. The van der Waals surface area contributed by atoms with Gasteiger partial charge < -0.3 is 5.32 Å². The molecule has 11 nitrogen and oxygen atoms in total. The minimum Gasteiger partial charge on any atom is -0.338 e. The zero-order valence-corrected chi connectivity index (χ0v) is 21.6. The highest BCUT2D eigenvalue weighted by atomic mass is 32.2. The summed E-state index contributed by atoms with van der Waals surface area (Å²) in [6, 6.07) is 3.54. The van der Waals surface area contributed by atoms with Crippen molar-refractivity contribution in [3.8, 4) is 22.3 Å². The number of hydrogen-bond donors (Lipinski definition) is 3. The summed E-state index contributed by atoms with van der Waals surface area (Å²) >= 11 is 1.37. The first kappa shape index (κ1) is 24.5. The number of amides is 2. The maximum atomic E-state index is 12.4. The Bertz CT molecular complexity index is 1490. The zero-order valence-electron chi connectivity index (χ0n) is 19.9. The molecule has 0 unspecified atom stereocenters. The number of hydrogen-bond acceptors (Lipinski definition) is 8. The Morgan fingerprint density at radius 1 is 1.09 bits per heavy atom. The summed E-state index contributed by atoms with van der Waals surface area (Å²) < 4.78 is 28.8. The topological polar surface area (TPSA) is 144 Å². The van der Waals surface area contributed by atoms with Crippen molar-refractivity contribution in [3.63, 3.8) is 0 Å². The molecule has 1 aromatic carbocycles. The van der Waals surface area contributed by atoms with E-state index >= 15 is 0 Å². The van der Waals surface area contributed by atoms with E-state index in [0.717, 1.165) is 21.4 Å². The van der Waals surface area contributed by atoms with Crippen LogP contribution in [0.5, 0.6) is 0 Å². The van der Waals surface area contributed by atoms with Gasteiger partial charge in [0.05, 0.1) is 21.2 Å². The monoisotopic (exact) mass is 514 g/mol. The predicted octanol–water partition coefficient (Wildman–Crippen LogP) is 3.84. The minimum absolute atomic E-state index is 0.000632. The maximum absolute atomic E-state index is 12.4. The van der Waals surface area contributed by atoms with Crippen LogP contribution >= 0.6 is 11.3 Å². The molecule has 0 bridgehead atoms. The van der Waals surface area contributed by atoms with E-state index in [4.69, 9.17) is 0 Å². The first-order chi connectivity index (χ1) is 16.5. The third kappa shape index (κ3) is 5.25. The number of aromatic nitrogens is 5. The number of aryl methyl sites for hydroxylation is 1. The first-order valence-corrected chi connectivity index (χ1v) is 13.1. The van der Waals surface area contributed by atoms with Crippen molar-refractivity contribution in [2.24, 2.45) is 7.05 Å². The number of fused-ring (bicyclic) bond motifs is 1.